The van der Waals surface area contributed by atoms with E-state index in [-0.39, 0.29) is 31.4 Å². The van der Waals surface area contributed by atoms with E-state index in [9.17, 15) is 24.6 Å². The average molecular weight is 476 g/mol. The van der Waals surface area contributed by atoms with Gasteiger partial charge in [-0.25, -0.2) is 4.79 Å². The quantitative estimate of drug-likeness (QED) is 0.477. The van der Waals surface area contributed by atoms with Crippen molar-refractivity contribution >= 4 is 17.8 Å². The molecule has 0 spiro atoms. The van der Waals surface area contributed by atoms with E-state index in [1.165, 1.54) is 26.0 Å². The van der Waals surface area contributed by atoms with Crippen LogP contribution in [0.4, 0.5) is 0 Å². The molecule has 3 N–H and O–H groups in total. The highest BCUT2D eigenvalue weighted by Gasteiger charge is 2.38. The molecule has 9 heteroatoms. The van der Waals surface area contributed by atoms with E-state index in [2.05, 4.69) is 5.32 Å². The zero-order chi connectivity index (χ0) is 29.2. The van der Waals surface area contributed by atoms with Crippen LogP contribution in [0.3, 0.4) is 0 Å². The summed E-state index contributed by atoms with van der Waals surface area (Å²) in [6.45, 7) is 1.38. The van der Waals surface area contributed by atoms with Gasteiger partial charge in [-0.3, -0.25) is 14.9 Å². The molecular formula is C25H30N2O7. The Hall–Kier alpha value is -3.59. The highest BCUT2D eigenvalue weighted by molar-refractivity contribution is 5.88. The van der Waals surface area contributed by atoms with Crippen LogP contribution >= 0.6 is 0 Å². The molecule has 1 amide bonds. The molecular weight excluding hydrogens is 440 g/mol. The standard InChI is InChI=1S/C25H30N2O7/c1-15(26-19(24(29)30)10-9-16-7-5-4-6-8-16)23(28)27-14-18-13-22(34-3)21(33-2)12-17(18)11-20(27)25(31)32/h4-8,12-13,15,19-20,26H,9-11,14H2,1-3H3,(H,29,30)(H,31,32)/t15-,19-,20-/m1/s1/i4D,5D,6D,7D,8D. The molecule has 0 aliphatic carbocycles. The van der Waals surface area contributed by atoms with Crippen LogP contribution in [0, 0.1) is 0 Å². The molecule has 9 nitrogen and oxygen atoms in total. The summed E-state index contributed by atoms with van der Waals surface area (Å²) in [5.41, 5.74) is 1.32. The Morgan fingerprint density at radius 3 is 2.29 bits per heavy atom. The van der Waals surface area contributed by atoms with Crippen molar-refractivity contribution in [2.24, 2.45) is 0 Å². The van der Waals surface area contributed by atoms with E-state index in [0.717, 1.165) is 0 Å². The van der Waals surface area contributed by atoms with Crippen LogP contribution < -0.4 is 14.8 Å². The van der Waals surface area contributed by atoms with Crippen LogP contribution in [0.1, 0.15) is 36.9 Å². The summed E-state index contributed by atoms with van der Waals surface area (Å²) in [4.78, 5) is 38.6. The van der Waals surface area contributed by atoms with Crippen molar-refractivity contribution in [1.82, 2.24) is 10.2 Å². The van der Waals surface area contributed by atoms with E-state index < -0.39 is 66.2 Å². The van der Waals surface area contributed by atoms with Crippen LogP contribution in [-0.2, 0) is 33.8 Å². The third kappa shape index (κ3) is 5.66. The fourth-order valence-electron chi connectivity index (χ4n) is 3.95. The molecule has 1 aliphatic rings. The van der Waals surface area contributed by atoms with Crippen LogP contribution in [0.2, 0.25) is 0 Å². The number of hydrogen-bond donors (Lipinski definition) is 3. The van der Waals surface area contributed by atoms with Crippen LogP contribution in [0.5, 0.6) is 11.5 Å². The minimum absolute atomic E-state index is 0.0152. The Morgan fingerprint density at radius 1 is 1.12 bits per heavy atom. The Bertz CT molecular complexity index is 1280. The first-order valence-electron chi connectivity index (χ1n) is 13.1. The van der Waals surface area contributed by atoms with E-state index in [0.29, 0.717) is 22.6 Å². The van der Waals surface area contributed by atoms with Gasteiger partial charge >= 0.3 is 11.9 Å². The first kappa shape index (κ1) is 18.8. The molecule has 0 unspecified atom stereocenters. The van der Waals surface area contributed by atoms with Gasteiger partial charge in [0.15, 0.2) is 11.5 Å². The highest BCUT2D eigenvalue weighted by Crippen LogP contribution is 2.35. The molecule has 2 aromatic rings. The number of amides is 1. The predicted molar refractivity (Wildman–Crippen MR) is 124 cm³/mol. The number of carboxylic acid groups (broad SMARTS) is 2. The number of rotatable bonds is 10. The third-order valence-electron chi connectivity index (χ3n) is 5.76. The molecule has 1 heterocycles. The number of ether oxygens (including phenoxy) is 2. The fourth-order valence-corrected chi connectivity index (χ4v) is 3.95. The second-order valence-electron chi connectivity index (χ2n) is 7.92. The van der Waals surface area contributed by atoms with Gasteiger partial charge in [0.2, 0.25) is 5.91 Å². The number of carbonyl (C=O) groups is 3. The lowest BCUT2D eigenvalue weighted by Crippen LogP contribution is -2.56. The molecule has 34 heavy (non-hydrogen) atoms. The van der Waals surface area contributed by atoms with Gasteiger partial charge in [-0.15, -0.1) is 0 Å². The Morgan fingerprint density at radius 2 is 1.74 bits per heavy atom. The Kier molecular flexibility index (Phi) is 6.09. The number of hydrogen-bond acceptors (Lipinski definition) is 6. The van der Waals surface area contributed by atoms with Crippen LogP contribution in [-0.4, -0.2) is 65.3 Å². The number of aliphatic carboxylic acids is 2. The smallest absolute Gasteiger partial charge is 0.326 e. The van der Waals surface area contributed by atoms with Crippen molar-refractivity contribution in [3.63, 3.8) is 0 Å². The summed E-state index contributed by atoms with van der Waals surface area (Å²) in [7, 11) is 2.92. The minimum atomic E-state index is -1.31. The molecule has 0 bridgehead atoms. The van der Waals surface area contributed by atoms with Gasteiger partial charge < -0.3 is 24.6 Å². The summed E-state index contributed by atoms with van der Waals surface area (Å²) in [6.07, 6.45) is -0.318. The lowest BCUT2D eigenvalue weighted by molar-refractivity contribution is -0.152. The van der Waals surface area contributed by atoms with E-state index in [1.54, 1.807) is 12.1 Å². The van der Waals surface area contributed by atoms with E-state index in [1.807, 2.05) is 0 Å². The topological polar surface area (TPSA) is 125 Å². The van der Waals surface area contributed by atoms with Crippen molar-refractivity contribution in [2.45, 2.75) is 50.9 Å². The maximum absolute atomic E-state index is 13.4. The predicted octanol–water partition coefficient (Wildman–Crippen LogP) is 2.11. The van der Waals surface area contributed by atoms with E-state index in [4.69, 9.17) is 16.3 Å². The zero-order valence-corrected chi connectivity index (χ0v) is 19.1. The molecule has 0 fully saturated rings. The number of methoxy groups -OCH3 is 2. The molecule has 182 valence electrons. The maximum Gasteiger partial charge on any atom is 0.326 e. The normalized spacial score (nSPS) is 18.9. The molecule has 0 saturated heterocycles. The SMILES string of the molecule is [2H]c1c([2H])c([2H])c(CC[C@@H](N[C@H](C)C(=O)N2Cc3cc(OC)c(OC)cc3C[C@@H]2C(=O)O)C(=O)O)c([2H])c1[2H]. The van der Waals surface area contributed by atoms with Crippen LogP contribution in [0.15, 0.2) is 42.3 Å². The number of fused-ring (bicyclic) bond motifs is 1. The first-order valence-corrected chi connectivity index (χ1v) is 10.6. The third-order valence-corrected chi connectivity index (χ3v) is 5.76. The summed E-state index contributed by atoms with van der Waals surface area (Å²) in [5.74, 6) is -2.30. The van der Waals surface area contributed by atoms with Gasteiger partial charge in [-0.2, -0.15) is 0 Å². The Labute approximate surface area is 205 Å². The van der Waals surface area contributed by atoms with Crippen molar-refractivity contribution in [1.29, 1.82) is 0 Å². The molecule has 0 saturated carbocycles. The zero-order valence-electron chi connectivity index (χ0n) is 24.1. The molecule has 2 aromatic carbocycles. The van der Waals surface area contributed by atoms with Crippen molar-refractivity contribution < 1.29 is 40.9 Å². The number of carboxylic acids is 2. The summed E-state index contributed by atoms with van der Waals surface area (Å²) >= 11 is 0. The van der Waals surface area contributed by atoms with Crippen molar-refractivity contribution in [2.75, 3.05) is 14.2 Å². The van der Waals surface area contributed by atoms with Gasteiger partial charge in [0, 0.05) is 13.0 Å². The van der Waals surface area contributed by atoms with Crippen molar-refractivity contribution in [3.8, 4) is 11.5 Å². The van der Waals surface area contributed by atoms with Gasteiger partial charge in [-0.05, 0) is 48.6 Å². The monoisotopic (exact) mass is 475 g/mol. The summed E-state index contributed by atoms with van der Waals surface area (Å²) in [5, 5.41) is 22.3. The van der Waals surface area contributed by atoms with Gasteiger partial charge in [0.25, 0.3) is 0 Å². The average Bonchev–Trinajstić information content (AvgIpc) is 2.91. The molecule has 0 aromatic heterocycles. The van der Waals surface area contributed by atoms with E-state index >= 15 is 0 Å². The second kappa shape index (κ2) is 11.0. The highest BCUT2D eigenvalue weighted by atomic mass is 16.5. The number of nitrogens with one attached hydrogen (secondary N) is 1. The maximum atomic E-state index is 13.4. The molecule has 3 atom stereocenters. The summed E-state index contributed by atoms with van der Waals surface area (Å²) < 4.78 is 49.9. The Balaban J connectivity index is 1.80. The van der Waals surface area contributed by atoms with Crippen LogP contribution in [0.25, 0.3) is 0 Å². The minimum Gasteiger partial charge on any atom is -0.493 e. The van der Waals surface area contributed by atoms with Crippen molar-refractivity contribution in [3.05, 3.63) is 59.0 Å². The molecule has 0 radical (unpaired) electrons. The first-order chi connectivity index (χ1) is 18.3. The van der Waals surface area contributed by atoms with Gasteiger partial charge in [-0.1, -0.05) is 30.2 Å². The number of benzene rings is 2. The number of nitrogens with zero attached hydrogens (tertiary/aromatic N) is 1. The number of carbonyl (C=O) groups excluding carboxylic acids is 1. The van der Waals surface area contributed by atoms with Gasteiger partial charge in [0.1, 0.15) is 12.1 Å². The summed E-state index contributed by atoms with van der Waals surface area (Å²) in [6, 6.07) is -2.69. The fraction of sp³-hybridized carbons (Fsp3) is 0.400. The second-order valence-corrected chi connectivity index (χ2v) is 7.92. The molecule has 1 aliphatic heterocycles. The lowest BCUT2D eigenvalue weighted by Gasteiger charge is -2.37. The van der Waals surface area contributed by atoms with Gasteiger partial charge in [0.05, 0.1) is 27.1 Å². The lowest BCUT2D eigenvalue weighted by atomic mass is 9.92. The molecule has 3 rings (SSSR count). The largest absolute Gasteiger partial charge is 0.493 e.